The predicted molar refractivity (Wildman–Crippen MR) is 95.9 cm³/mol. The second-order valence-electron chi connectivity index (χ2n) is 6.11. The molecule has 1 aromatic heterocycles. The van der Waals surface area contributed by atoms with Crippen LogP contribution in [0.15, 0.2) is 30.3 Å². The third-order valence-electron chi connectivity index (χ3n) is 4.38. The van der Waals surface area contributed by atoms with Crippen LogP contribution in [0.25, 0.3) is 5.69 Å². The highest BCUT2D eigenvalue weighted by molar-refractivity contribution is 5.94. The number of benzene rings is 1. The van der Waals surface area contributed by atoms with E-state index in [4.69, 9.17) is 0 Å². The van der Waals surface area contributed by atoms with E-state index in [1.165, 1.54) is 0 Å². The Balaban J connectivity index is 1.82. The van der Waals surface area contributed by atoms with Gasteiger partial charge in [-0.05, 0) is 38.3 Å². The van der Waals surface area contributed by atoms with Gasteiger partial charge in [0.15, 0.2) is 0 Å². The van der Waals surface area contributed by atoms with Gasteiger partial charge in [0.2, 0.25) is 5.91 Å². The van der Waals surface area contributed by atoms with Crippen molar-refractivity contribution < 1.29 is 9.59 Å². The molecule has 7 heteroatoms. The molecule has 1 aromatic carbocycles. The predicted octanol–water partition coefficient (Wildman–Crippen LogP) is 2.14. The molecule has 1 aliphatic rings. The zero-order chi connectivity index (χ0) is 17.8. The van der Waals surface area contributed by atoms with Crippen molar-refractivity contribution in [1.29, 1.82) is 0 Å². The maximum atomic E-state index is 12.4. The van der Waals surface area contributed by atoms with Crippen molar-refractivity contribution in [3.63, 3.8) is 0 Å². The Labute approximate surface area is 146 Å². The van der Waals surface area contributed by atoms with Gasteiger partial charge in [0.25, 0.3) is 0 Å². The van der Waals surface area contributed by atoms with Gasteiger partial charge in [0, 0.05) is 12.1 Å². The third kappa shape index (κ3) is 3.65. The number of anilines is 1. The number of piperidine rings is 1. The van der Waals surface area contributed by atoms with E-state index >= 15 is 0 Å². The van der Waals surface area contributed by atoms with E-state index in [0.717, 1.165) is 29.8 Å². The lowest BCUT2D eigenvalue weighted by molar-refractivity contribution is -0.124. The monoisotopic (exact) mass is 341 g/mol. The third-order valence-corrected chi connectivity index (χ3v) is 4.38. The van der Waals surface area contributed by atoms with E-state index in [0.29, 0.717) is 18.8 Å². The van der Waals surface area contributed by atoms with Crippen molar-refractivity contribution >= 4 is 17.8 Å². The highest BCUT2D eigenvalue weighted by atomic mass is 16.2. The summed E-state index contributed by atoms with van der Waals surface area (Å²) in [4.78, 5) is 24.2. The topological polar surface area (TPSA) is 88.1 Å². The van der Waals surface area contributed by atoms with E-state index in [1.54, 1.807) is 4.68 Å². The fourth-order valence-electron chi connectivity index (χ4n) is 2.99. The van der Waals surface area contributed by atoms with Crippen LogP contribution in [0, 0.1) is 6.92 Å². The van der Waals surface area contributed by atoms with Gasteiger partial charge < -0.3 is 10.6 Å². The normalized spacial score (nSPS) is 17.0. The average Bonchev–Trinajstić information content (AvgIpc) is 2.94. The number of carbonyl (C=O) groups excluding carboxylic acids is 2. The summed E-state index contributed by atoms with van der Waals surface area (Å²) in [5.41, 5.74) is 2.72. The summed E-state index contributed by atoms with van der Waals surface area (Å²) in [5, 5.41) is 13.0. The van der Waals surface area contributed by atoms with Crippen molar-refractivity contribution in [3.8, 4) is 5.69 Å². The number of hydrogen-bond acceptors (Lipinski definition) is 3. The second kappa shape index (κ2) is 7.38. The number of aromatic nitrogens is 2. The van der Waals surface area contributed by atoms with Gasteiger partial charge in [-0.25, -0.2) is 9.48 Å². The van der Waals surface area contributed by atoms with Crippen LogP contribution < -0.4 is 16.0 Å². The molecule has 0 bridgehead atoms. The molecule has 3 N–H and O–H groups in total. The smallest absolute Gasteiger partial charge is 0.321 e. The molecule has 0 radical (unpaired) electrons. The zero-order valence-electron chi connectivity index (χ0n) is 14.5. The number of rotatable bonds is 4. The Bertz CT molecular complexity index is 769. The van der Waals surface area contributed by atoms with Crippen molar-refractivity contribution in [3.05, 3.63) is 41.6 Å². The largest absolute Gasteiger partial charge is 0.354 e. The maximum Gasteiger partial charge on any atom is 0.321 e. The fourth-order valence-corrected chi connectivity index (χ4v) is 2.99. The summed E-state index contributed by atoms with van der Waals surface area (Å²) in [6, 6.07) is 8.76. The minimum atomic E-state index is -0.493. The molecule has 25 heavy (non-hydrogen) atoms. The minimum Gasteiger partial charge on any atom is -0.354 e. The molecule has 1 aliphatic heterocycles. The van der Waals surface area contributed by atoms with Crippen molar-refractivity contribution in [2.75, 3.05) is 11.9 Å². The van der Waals surface area contributed by atoms with Gasteiger partial charge in [0.05, 0.1) is 11.4 Å². The molecule has 0 spiro atoms. The molecule has 1 atom stereocenters. The molecule has 1 fully saturated rings. The Morgan fingerprint density at radius 2 is 2.12 bits per heavy atom. The first kappa shape index (κ1) is 17.0. The van der Waals surface area contributed by atoms with Crippen LogP contribution in [0.1, 0.15) is 31.0 Å². The number of urea groups is 1. The Morgan fingerprint density at radius 1 is 1.36 bits per heavy atom. The van der Waals surface area contributed by atoms with Gasteiger partial charge in [-0.2, -0.15) is 5.10 Å². The number of nitrogens with zero attached hydrogens (tertiary/aromatic N) is 2. The SMILES string of the molecule is CCc1nn(-c2ccccc2)c(NC(=O)N[C@H]2CCCNC2=O)c1C. The number of hydrogen-bond donors (Lipinski definition) is 3. The van der Waals surface area contributed by atoms with Gasteiger partial charge in [-0.3, -0.25) is 10.1 Å². The number of nitrogens with one attached hydrogen (secondary N) is 3. The van der Waals surface area contributed by atoms with Crippen LogP contribution in [0.3, 0.4) is 0 Å². The van der Waals surface area contributed by atoms with E-state index in [1.807, 2.05) is 44.2 Å². The Hall–Kier alpha value is -2.83. The minimum absolute atomic E-state index is 0.135. The molecule has 132 valence electrons. The molecule has 7 nitrogen and oxygen atoms in total. The molecule has 2 aromatic rings. The number of aryl methyl sites for hydroxylation is 1. The molecular weight excluding hydrogens is 318 g/mol. The van der Waals surface area contributed by atoms with Crippen LogP contribution >= 0.6 is 0 Å². The summed E-state index contributed by atoms with van der Waals surface area (Å²) >= 11 is 0. The molecule has 3 amide bonds. The van der Waals surface area contributed by atoms with Gasteiger partial charge >= 0.3 is 6.03 Å². The molecule has 0 aliphatic carbocycles. The Kier molecular flexibility index (Phi) is 5.02. The number of amides is 3. The molecular formula is C18H23N5O2. The average molecular weight is 341 g/mol. The van der Waals surface area contributed by atoms with E-state index in [9.17, 15) is 9.59 Å². The maximum absolute atomic E-state index is 12.4. The number of para-hydroxylation sites is 1. The summed E-state index contributed by atoms with van der Waals surface area (Å²) < 4.78 is 1.73. The first-order valence-corrected chi connectivity index (χ1v) is 8.59. The molecule has 0 saturated carbocycles. The van der Waals surface area contributed by atoms with Gasteiger partial charge in [-0.1, -0.05) is 25.1 Å². The number of carbonyl (C=O) groups is 2. The lowest BCUT2D eigenvalue weighted by Crippen LogP contribution is -2.51. The van der Waals surface area contributed by atoms with E-state index < -0.39 is 12.1 Å². The molecule has 2 heterocycles. The zero-order valence-corrected chi connectivity index (χ0v) is 14.5. The summed E-state index contributed by atoms with van der Waals surface area (Å²) in [7, 11) is 0. The highest BCUT2D eigenvalue weighted by Crippen LogP contribution is 2.23. The van der Waals surface area contributed by atoms with Crippen LogP contribution in [0.5, 0.6) is 0 Å². The van der Waals surface area contributed by atoms with Crippen molar-refractivity contribution in [2.24, 2.45) is 0 Å². The first-order chi connectivity index (χ1) is 12.1. The fraction of sp³-hybridized carbons (Fsp3) is 0.389. The Morgan fingerprint density at radius 3 is 2.80 bits per heavy atom. The van der Waals surface area contributed by atoms with Gasteiger partial charge in [-0.15, -0.1) is 0 Å². The van der Waals surface area contributed by atoms with Crippen LogP contribution in [0.4, 0.5) is 10.6 Å². The summed E-state index contributed by atoms with van der Waals surface area (Å²) in [6.45, 7) is 4.63. The second-order valence-corrected chi connectivity index (χ2v) is 6.11. The van der Waals surface area contributed by atoms with Crippen LogP contribution in [-0.2, 0) is 11.2 Å². The standard InChI is InChI=1S/C18H23N5O2/c1-3-14-12(2)16(23(22-14)13-8-5-4-6-9-13)21-18(25)20-15-10-7-11-19-17(15)24/h4-6,8-9,15H,3,7,10-11H2,1-2H3,(H,19,24)(H2,20,21,25)/t15-/m0/s1. The van der Waals surface area contributed by atoms with Gasteiger partial charge in [0.1, 0.15) is 11.9 Å². The van der Waals surface area contributed by atoms with Crippen molar-refractivity contribution in [1.82, 2.24) is 20.4 Å². The molecule has 0 unspecified atom stereocenters. The van der Waals surface area contributed by atoms with Crippen LogP contribution in [0.2, 0.25) is 0 Å². The molecule has 1 saturated heterocycles. The first-order valence-electron chi connectivity index (χ1n) is 8.59. The van der Waals surface area contributed by atoms with Crippen LogP contribution in [-0.4, -0.2) is 34.3 Å². The summed E-state index contributed by atoms with van der Waals surface area (Å²) in [6.07, 6.45) is 2.28. The highest BCUT2D eigenvalue weighted by Gasteiger charge is 2.24. The van der Waals surface area contributed by atoms with E-state index in [2.05, 4.69) is 21.0 Å². The van der Waals surface area contributed by atoms with E-state index in [-0.39, 0.29) is 5.91 Å². The molecule has 3 rings (SSSR count). The van der Waals surface area contributed by atoms with Crippen molar-refractivity contribution in [2.45, 2.75) is 39.2 Å². The lowest BCUT2D eigenvalue weighted by atomic mass is 10.1. The quantitative estimate of drug-likeness (QED) is 0.796. The summed E-state index contributed by atoms with van der Waals surface area (Å²) in [5.74, 6) is 0.487. The lowest BCUT2D eigenvalue weighted by Gasteiger charge is -2.23.